The van der Waals surface area contributed by atoms with Crippen molar-refractivity contribution in [3.05, 3.63) is 77.0 Å². The van der Waals surface area contributed by atoms with E-state index in [4.69, 9.17) is 22.1 Å². The number of para-hydroxylation sites is 1. The Balaban J connectivity index is 1.64. The van der Waals surface area contributed by atoms with Gasteiger partial charge >= 0.3 is 0 Å². The summed E-state index contributed by atoms with van der Waals surface area (Å²) < 4.78 is 19.0. The third-order valence-corrected chi connectivity index (χ3v) is 4.29. The van der Waals surface area contributed by atoms with Crippen LogP contribution in [0, 0.1) is 5.82 Å². The molecule has 0 atom stereocenters. The molecule has 3 N–H and O–H groups in total. The van der Waals surface area contributed by atoms with Crippen molar-refractivity contribution in [2.45, 2.75) is 0 Å². The number of carbonyl (C=O) groups excluding carboxylic acids is 1. The van der Waals surface area contributed by atoms with E-state index < -0.39 is 5.82 Å². The summed E-state index contributed by atoms with van der Waals surface area (Å²) >= 11 is 6.01. The molecule has 134 valence electrons. The summed E-state index contributed by atoms with van der Waals surface area (Å²) in [4.78, 5) is 23.9. The van der Waals surface area contributed by atoms with Gasteiger partial charge in [-0.2, -0.15) is 0 Å². The number of benzene rings is 1. The molecule has 0 fully saturated rings. The number of nitrogen functional groups attached to an aromatic ring is 1. The molecule has 4 rings (SSSR count). The van der Waals surface area contributed by atoms with Crippen molar-refractivity contribution in [1.29, 1.82) is 0 Å². The van der Waals surface area contributed by atoms with Crippen molar-refractivity contribution in [2.75, 3.05) is 5.73 Å². The number of halogens is 2. The minimum absolute atomic E-state index is 0.0502. The molecule has 1 aromatic carbocycles. The molecule has 0 radical (unpaired) electrons. The van der Waals surface area contributed by atoms with Crippen LogP contribution in [0.25, 0.3) is 11.0 Å². The number of H-pyrrole nitrogens is 1. The van der Waals surface area contributed by atoms with E-state index in [9.17, 15) is 9.18 Å². The number of aromatic nitrogens is 3. The summed E-state index contributed by atoms with van der Waals surface area (Å²) in [5.41, 5.74) is 7.38. The number of nitrogens with zero attached hydrogens (tertiary/aromatic N) is 2. The number of ketones is 1. The molecule has 0 unspecified atom stereocenters. The summed E-state index contributed by atoms with van der Waals surface area (Å²) in [6.07, 6.45) is 4.29. The number of rotatable bonds is 4. The highest BCUT2D eigenvalue weighted by Crippen LogP contribution is 2.30. The van der Waals surface area contributed by atoms with Crippen molar-refractivity contribution in [1.82, 2.24) is 15.0 Å². The van der Waals surface area contributed by atoms with Crippen LogP contribution in [0.1, 0.15) is 15.9 Å². The maximum Gasteiger partial charge on any atom is 0.219 e. The Morgan fingerprint density at radius 3 is 2.70 bits per heavy atom. The monoisotopic (exact) mass is 382 g/mol. The number of nitrogens with two attached hydrogens (primary N) is 1. The normalized spacial score (nSPS) is 10.9. The highest BCUT2D eigenvalue weighted by atomic mass is 35.5. The summed E-state index contributed by atoms with van der Waals surface area (Å²) in [6, 6.07) is 9.01. The maximum atomic E-state index is 13.6. The van der Waals surface area contributed by atoms with E-state index in [1.54, 1.807) is 18.2 Å². The van der Waals surface area contributed by atoms with Gasteiger partial charge in [0, 0.05) is 24.0 Å². The van der Waals surface area contributed by atoms with Gasteiger partial charge in [-0.15, -0.1) is 0 Å². The van der Waals surface area contributed by atoms with Crippen LogP contribution in [-0.4, -0.2) is 20.7 Å². The second-order valence-electron chi connectivity index (χ2n) is 5.69. The first-order valence-electron chi connectivity index (χ1n) is 7.89. The third kappa shape index (κ3) is 3.09. The molecule has 4 aromatic rings. The lowest BCUT2D eigenvalue weighted by Crippen LogP contribution is -2.03. The van der Waals surface area contributed by atoms with Gasteiger partial charge in [-0.05, 0) is 18.2 Å². The minimum Gasteiger partial charge on any atom is -0.436 e. The third-order valence-electron chi connectivity index (χ3n) is 3.99. The van der Waals surface area contributed by atoms with Crippen LogP contribution >= 0.6 is 11.6 Å². The number of hydrogen-bond acceptors (Lipinski definition) is 5. The number of fused-ring (bicyclic) bond motifs is 1. The zero-order chi connectivity index (χ0) is 19.0. The van der Waals surface area contributed by atoms with Crippen LogP contribution < -0.4 is 10.5 Å². The fourth-order valence-electron chi connectivity index (χ4n) is 2.65. The van der Waals surface area contributed by atoms with E-state index in [2.05, 4.69) is 15.0 Å². The van der Waals surface area contributed by atoms with E-state index >= 15 is 0 Å². The molecule has 8 heteroatoms. The number of hydrogen-bond donors (Lipinski definition) is 2. The van der Waals surface area contributed by atoms with Crippen LogP contribution in [0.3, 0.4) is 0 Å². The lowest BCUT2D eigenvalue weighted by molar-refractivity contribution is 0.104. The second-order valence-corrected chi connectivity index (χ2v) is 6.10. The second kappa shape index (κ2) is 6.69. The molecule has 0 saturated carbocycles. The van der Waals surface area contributed by atoms with Crippen molar-refractivity contribution in [3.8, 4) is 11.6 Å². The van der Waals surface area contributed by atoms with Crippen molar-refractivity contribution in [2.24, 2.45) is 0 Å². The predicted octanol–water partition coefficient (Wildman–Crippen LogP) is 4.36. The van der Waals surface area contributed by atoms with Crippen molar-refractivity contribution in [3.63, 3.8) is 0 Å². The molecule has 27 heavy (non-hydrogen) atoms. The molecule has 3 aromatic heterocycles. The fraction of sp³-hybridized carbons (Fsp3) is 0. The van der Waals surface area contributed by atoms with E-state index in [1.165, 1.54) is 36.8 Å². The predicted molar refractivity (Wildman–Crippen MR) is 99.7 cm³/mol. The summed E-state index contributed by atoms with van der Waals surface area (Å²) in [6.45, 7) is 0. The summed E-state index contributed by atoms with van der Waals surface area (Å²) in [7, 11) is 0. The molecule has 0 aliphatic heterocycles. The zero-order valence-electron chi connectivity index (χ0n) is 13.7. The van der Waals surface area contributed by atoms with Crippen LogP contribution in [0.5, 0.6) is 11.6 Å². The average molecular weight is 383 g/mol. The molecular weight excluding hydrogens is 371 g/mol. The first-order valence-corrected chi connectivity index (χ1v) is 8.26. The molecule has 0 bridgehead atoms. The Hall–Kier alpha value is -3.45. The van der Waals surface area contributed by atoms with Gasteiger partial charge in [0.15, 0.2) is 17.3 Å². The van der Waals surface area contributed by atoms with Crippen LogP contribution in [0.4, 0.5) is 10.1 Å². The van der Waals surface area contributed by atoms with Gasteiger partial charge in [0.2, 0.25) is 5.88 Å². The molecule has 3 heterocycles. The number of aromatic amines is 1. The van der Waals surface area contributed by atoms with Gasteiger partial charge in [0.25, 0.3) is 0 Å². The lowest BCUT2D eigenvalue weighted by atomic mass is 10.0. The Kier molecular flexibility index (Phi) is 4.21. The lowest BCUT2D eigenvalue weighted by Gasteiger charge is -2.06. The van der Waals surface area contributed by atoms with Crippen LogP contribution in [-0.2, 0) is 0 Å². The Labute approximate surface area is 157 Å². The maximum absolute atomic E-state index is 13.6. The van der Waals surface area contributed by atoms with E-state index in [1.807, 2.05) is 0 Å². The number of carbonyl (C=O) groups is 1. The summed E-state index contributed by atoms with van der Waals surface area (Å²) in [5.74, 6) is -0.589. The number of anilines is 1. The van der Waals surface area contributed by atoms with E-state index in [0.29, 0.717) is 22.2 Å². The topological polar surface area (TPSA) is 93.9 Å². The van der Waals surface area contributed by atoms with Gasteiger partial charge in [0.05, 0.1) is 27.9 Å². The quantitative estimate of drug-likeness (QED) is 0.511. The molecule has 0 aliphatic rings. The zero-order valence-corrected chi connectivity index (χ0v) is 14.5. The van der Waals surface area contributed by atoms with Gasteiger partial charge in [-0.25, -0.2) is 14.4 Å². The number of nitrogens with one attached hydrogen (secondary N) is 1. The highest BCUT2D eigenvalue weighted by molar-refractivity contribution is 6.35. The standard InChI is InChI=1S/C19H12ClFN4O2/c20-12-9-25-19-16(17(12)22)11(8-24-19)18(26)10-5-6-15(23-7-10)27-14-4-2-1-3-13(14)21/h1-9H,(H3,22,24,25). The van der Waals surface area contributed by atoms with Gasteiger partial charge in [0.1, 0.15) is 5.65 Å². The Morgan fingerprint density at radius 2 is 1.96 bits per heavy atom. The molecule has 6 nitrogen and oxygen atoms in total. The SMILES string of the molecule is Nc1c(Cl)cnc2[nH]cc(C(=O)c3ccc(Oc4ccccc4F)nc3)c12. The smallest absolute Gasteiger partial charge is 0.219 e. The van der Waals surface area contributed by atoms with Crippen LogP contribution in [0.15, 0.2) is 55.0 Å². The molecule has 0 aliphatic carbocycles. The largest absolute Gasteiger partial charge is 0.436 e. The van der Waals surface area contributed by atoms with Crippen molar-refractivity contribution >= 4 is 34.1 Å². The Morgan fingerprint density at radius 1 is 1.15 bits per heavy atom. The van der Waals surface area contributed by atoms with E-state index in [0.717, 1.165) is 0 Å². The number of pyridine rings is 2. The van der Waals surface area contributed by atoms with Crippen molar-refractivity contribution < 1.29 is 13.9 Å². The molecule has 0 amide bonds. The van der Waals surface area contributed by atoms with E-state index in [-0.39, 0.29) is 28.1 Å². The average Bonchev–Trinajstić information content (AvgIpc) is 3.11. The molecule has 0 saturated heterocycles. The molecule has 0 spiro atoms. The fourth-order valence-corrected chi connectivity index (χ4v) is 2.79. The van der Waals surface area contributed by atoms with Gasteiger partial charge < -0.3 is 15.5 Å². The first kappa shape index (κ1) is 17.0. The number of ether oxygens (including phenoxy) is 1. The van der Waals surface area contributed by atoms with Gasteiger partial charge in [-0.3, -0.25) is 4.79 Å². The van der Waals surface area contributed by atoms with Gasteiger partial charge in [-0.1, -0.05) is 23.7 Å². The van der Waals surface area contributed by atoms with Crippen LogP contribution in [0.2, 0.25) is 5.02 Å². The highest BCUT2D eigenvalue weighted by Gasteiger charge is 2.19. The Bertz CT molecular complexity index is 1160. The first-order chi connectivity index (χ1) is 13.0. The minimum atomic E-state index is -0.502. The summed E-state index contributed by atoms with van der Waals surface area (Å²) in [5, 5.41) is 0.724. The molecular formula is C19H12ClFN4O2.